The molecule has 19 heavy (non-hydrogen) atoms. The Morgan fingerprint density at radius 2 is 1.79 bits per heavy atom. The summed E-state index contributed by atoms with van der Waals surface area (Å²) in [4.78, 5) is 11.2. The molecule has 1 aliphatic heterocycles. The van der Waals surface area contributed by atoms with Crippen molar-refractivity contribution in [2.45, 2.75) is 19.9 Å². The predicted molar refractivity (Wildman–Crippen MR) is 64.6 cm³/mol. The summed E-state index contributed by atoms with van der Waals surface area (Å²) in [6.07, 6.45) is -0.748. The van der Waals surface area contributed by atoms with E-state index in [-0.39, 0.29) is 24.6 Å². The van der Waals surface area contributed by atoms with Crippen LogP contribution in [0.5, 0.6) is 0 Å². The van der Waals surface area contributed by atoms with Crippen LogP contribution in [0.25, 0.3) is 0 Å². The third-order valence-corrected chi connectivity index (χ3v) is 2.95. The van der Waals surface area contributed by atoms with Crippen molar-refractivity contribution in [3.8, 4) is 0 Å². The molecule has 0 unspecified atom stereocenters. The molecule has 0 spiro atoms. The van der Waals surface area contributed by atoms with Crippen LogP contribution in [-0.2, 0) is 4.74 Å². The second-order valence-electron chi connectivity index (χ2n) is 4.93. The van der Waals surface area contributed by atoms with E-state index in [1.807, 2.05) is 0 Å². The number of benzene rings is 1. The zero-order valence-corrected chi connectivity index (χ0v) is 11.1. The average molecular weight is 296 g/mol. The summed E-state index contributed by atoms with van der Waals surface area (Å²) < 4.78 is 45.0. The highest BCUT2D eigenvalue weighted by Gasteiger charge is 2.40. The quantitative estimate of drug-likeness (QED) is 0.863. The first-order valence-electron chi connectivity index (χ1n) is 5.39. The van der Waals surface area contributed by atoms with E-state index in [0.29, 0.717) is 12.1 Å². The summed E-state index contributed by atoms with van der Waals surface area (Å²) in [5.74, 6) is -3.04. The minimum absolute atomic E-state index is 0. The molecule has 7 heteroatoms. The molecule has 2 rings (SSSR count). The minimum atomic E-state index is -1.02. The fourth-order valence-electron chi connectivity index (χ4n) is 1.98. The number of ether oxygens (including phenoxy) is 1. The predicted octanol–water partition coefficient (Wildman–Crippen LogP) is 3.33. The number of hydrogen-bond acceptors (Lipinski definition) is 2. The van der Waals surface area contributed by atoms with Crippen molar-refractivity contribution < 1.29 is 22.7 Å². The van der Waals surface area contributed by atoms with Crippen molar-refractivity contribution in [2.75, 3.05) is 6.61 Å². The maximum Gasteiger partial charge on any atom is 0.407 e. The Hall–Kier alpha value is -1.43. The van der Waals surface area contributed by atoms with Crippen LogP contribution in [0.4, 0.5) is 18.0 Å². The van der Waals surface area contributed by atoms with Gasteiger partial charge in [0.2, 0.25) is 0 Å². The molecular formula is C12H13ClF3NO2. The molecule has 3 nitrogen and oxygen atoms in total. The number of cyclic esters (lactones) is 1. The van der Waals surface area contributed by atoms with Crippen molar-refractivity contribution in [1.82, 2.24) is 5.32 Å². The number of carbonyl (C=O) groups is 1. The number of amides is 1. The summed E-state index contributed by atoms with van der Waals surface area (Å²) in [6, 6.07) is 0.283. The highest BCUT2D eigenvalue weighted by atomic mass is 35.5. The highest BCUT2D eigenvalue weighted by molar-refractivity contribution is 5.85. The van der Waals surface area contributed by atoms with Crippen molar-refractivity contribution in [3.63, 3.8) is 0 Å². The van der Waals surface area contributed by atoms with E-state index in [1.54, 1.807) is 13.8 Å². The summed E-state index contributed by atoms with van der Waals surface area (Å²) >= 11 is 0. The normalized spacial score (nSPS) is 21.1. The van der Waals surface area contributed by atoms with E-state index in [9.17, 15) is 18.0 Å². The second-order valence-corrected chi connectivity index (χ2v) is 4.93. The Morgan fingerprint density at radius 1 is 1.26 bits per heavy atom. The molecule has 1 N–H and O–H groups in total. The molecule has 1 aromatic carbocycles. The monoisotopic (exact) mass is 295 g/mol. The van der Waals surface area contributed by atoms with Gasteiger partial charge in [0.25, 0.3) is 0 Å². The van der Waals surface area contributed by atoms with Crippen molar-refractivity contribution in [2.24, 2.45) is 5.41 Å². The first-order valence-corrected chi connectivity index (χ1v) is 5.39. The van der Waals surface area contributed by atoms with Crippen molar-refractivity contribution in [3.05, 3.63) is 35.1 Å². The minimum Gasteiger partial charge on any atom is -0.449 e. The molecule has 0 radical (unpaired) electrons. The van der Waals surface area contributed by atoms with E-state index >= 15 is 0 Å². The van der Waals surface area contributed by atoms with Crippen LogP contribution in [-0.4, -0.2) is 12.7 Å². The molecule has 1 fully saturated rings. The van der Waals surface area contributed by atoms with Crippen LogP contribution in [0, 0.1) is 22.9 Å². The van der Waals surface area contributed by atoms with Crippen LogP contribution < -0.4 is 5.32 Å². The fourth-order valence-corrected chi connectivity index (χ4v) is 1.98. The highest BCUT2D eigenvalue weighted by Crippen LogP contribution is 2.38. The SMILES string of the molecule is CC1(C)COC(=O)N[C@H]1c1c(F)cc(F)cc1F.Cl. The number of alkyl carbamates (subject to hydrolysis) is 1. The number of halogens is 4. The Morgan fingerprint density at radius 3 is 2.32 bits per heavy atom. The van der Waals surface area contributed by atoms with Crippen LogP contribution in [0.15, 0.2) is 12.1 Å². The molecule has 1 saturated heterocycles. The molecule has 0 aromatic heterocycles. The lowest BCUT2D eigenvalue weighted by molar-refractivity contribution is 0.0367. The molecule has 0 saturated carbocycles. The van der Waals surface area contributed by atoms with Gasteiger partial charge in [-0.05, 0) is 0 Å². The van der Waals surface area contributed by atoms with Crippen LogP contribution in [0.2, 0.25) is 0 Å². The van der Waals surface area contributed by atoms with Crippen molar-refractivity contribution in [1.29, 1.82) is 0 Å². The van der Waals surface area contributed by atoms with Gasteiger partial charge in [0, 0.05) is 23.1 Å². The lowest BCUT2D eigenvalue weighted by Crippen LogP contribution is -2.47. The van der Waals surface area contributed by atoms with Crippen LogP contribution in [0.3, 0.4) is 0 Å². The summed E-state index contributed by atoms with van der Waals surface area (Å²) in [5.41, 5.74) is -1.05. The Kier molecular flexibility index (Phi) is 4.35. The van der Waals surface area contributed by atoms with Gasteiger partial charge in [0.1, 0.15) is 24.1 Å². The Bertz CT molecular complexity index is 485. The molecule has 0 aliphatic carbocycles. The molecule has 0 bridgehead atoms. The van der Waals surface area contributed by atoms with Gasteiger partial charge in [-0.3, -0.25) is 0 Å². The van der Waals surface area contributed by atoms with Gasteiger partial charge >= 0.3 is 6.09 Å². The summed E-state index contributed by atoms with van der Waals surface area (Å²) in [5, 5.41) is 2.36. The van der Waals surface area contributed by atoms with Crippen molar-refractivity contribution >= 4 is 18.5 Å². The molecule has 106 valence electrons. The van der Waals surface area contributed by atoms with Gasteiger partial charge < -0.3 is 10.1 Å². The number of carbonyl (C=O) groups excluding carboxylic acids is 1. The van der Waals surface area contributed by atoms with Gasteiger partial charge in [-0.15, -0.1) is 12.4 Å². The zero-order valence-electron chi connectivity index (χ0n) is 10.3. The Labute approximate surface area is 114 Å². The first kappa shape index (κ1) is 15.6. The van der Waals surface area contributed by atoms with Gasteiger partial charge in [-0.25, -0.2) is 18.0 Å². The molecule has 1 atom stereocenters. The van der Waals surface area contributed by atoms with Gasteiger partial charge in [0.05, 0.1) is 6.04 Å². The topological polar surface area (TPSA) is 38.3 Å². The van der Waals surface area contributed by atoms with E-state index < -0.39 is 35.0 Å². The van der Waals surface area contributed by atoms with E-state index in [0.717, 1.165) is 0 Å². The molecule has 1 amide bonds. The fraction of sp³-hybridized carbons (Fsp3) is 0.417. The standard InChI is InChI=1S/C12H12F3NO2.ClH/c1-12(2)5-18-11(17)16-10(12)9-7(14)3-6(13)4-8(9)15;/h3-4,10H,5H2,1-2H3,(H,16,17);1H/t10-;/m0./s1. The molecular weight excluding hydrogens is 283 g/mol. The maximum atomic E-state index is 13.7. The molecule has 1 aliphatic rings. The summed E-state index contributed by atoms with van der Waals surface area (Å²) in [6.45, 7) is 3.42. The lowest BCUT2D eigenvalue weighted by Gasteiger charge is -2.38. The van der Waals surface area contributed by atoms with E-state index in [1.165, 1.54) is 0 Å². The van der Waals surface area contributed by atoms with E-state index in [2.05, 4.69) is 5.32 Å². The largest absolute Gasteiger partial charge is 0.449 e. The smallest absolute Gasteiger partial charge is 0.407 e. The first-order chi connectivity index (χ1) is 8.31. The Balaban J connectivity index is 0.00000180. The van der Waals surface area contributed by atoms with Gasteiger partial charge in [-0.2, -0.15) is 0 Å². The van der Waals surface area contributed by atoms with Crippen LogP contribution in [0.1, 0.15) is 25.5 Å². The third-order valence-electron chi connectivity index (χ3n) is 2.95. The zero-order chi connectivity index (χ0) is 13.5. The summed E-state index contributed by atoms with van der Waals surface area (Å²) in [7, 11) is 0. The van der Waals surface area contributed by atoms with E-state index in [4.69, 9.17) is 4.74 Å². The maximum absolute atomic E-state index is 13.7. The van der Waals surface area contributed by atoms with Crippen LogP contribution >= 0.6 is 12.4 Å². The molecule has 1 heterocycles. The van der Waals surface area contributed by atoms with Gasteiger partial charge in [0.15, 0.2) is 0 Å². The number of hydrogen-bond donors (Lipinski definition) is 1. The number of nitrogens with one attached hydrogen (secondary N) is 1. The van der Waals surface area contributed by atoms with Gasteiger partial charge in [-0.1, -0.05) is 13.8 Å². The second kappa shape index (κ2) is 5.28. The third kappa shape index (κ3) is 2.94. The lowest BCUT2D eigenvalue weighted by atomic mass is 9.80. The number of rotatable bonds is 1. The average Bonchev–Trinajstić information content (AvgIpc) is 2.22. The molecule has 1 aromatic rings.